The average Bonchev–Trinajstić information content (AvgIpc) is 3.25. The Balaban J connectivity index is 1.44. The van der Waals surface area contributed by atoms with E-state index in [2.05, 4.69) is 63.8 Å². The minimum Gasteiger partial charge on any atom is -0.345 e. The van der Waals surface area contributed by atoms with Crippen molar-refractivity contribution in [3.63, 3.8) is 0 Å². The van der Waals surface area contributed by atoms with Crippen LogP contribution in [0.25, 0.3) is 16.8 Å². The Labute approximate surface area is 213 Å². The van der Waals surface area contributed by atoms with E-state index in [0.717, 1.165) is 66.0 Å². The molecule has 6 heteroatoms. The van der Waals surface area contributed by atoms with Crippen LogP contribution in [-0.2, 0) is 12.0 Å². The second-order valence-corrected chi connectivity index (χ2v) is 11.3. The van der Waals surface area contributed by atoms with Crippen molar-refractivity contribution in [3.05, 3.63) is 82.1 Å². The fraction of sp³-hybridized carbons (Fsp3) is 0.379. The van der Waals surface area contributed by atoms with Crippen LogP contribution in [0.3, 0.4) is 0 Å². The van der Waals surface area contributed by atoms with E-state index in [-0.39, 0.29) is 5.41 Å². The van der Waals surface area contributed by atoms with Gasteiger partial charge in [-0.2, -0.15) is 9.61 Å². The molecule has 0 unspecified atom stereocenters. The Morgan fingerprint density at radius 3 is 2.34 bits per heavy atom. The summed E-state index contributed by atoms with van der Waals surface area (Å²) in [5, 5.41) is 5.53. The molecule has 1 aliphatic rings. The summed E-state index contributed by atoms with van der Waals surface area (Å²) in [5.41, 5.74) is 8.23. The van der Waals surface area contributed by atoms with Crippen molar-refractivity contribution in [3.8, 4) is 11.1 Å². The van der Waals surface area contributed by atoms with E-state index in [1.807, 2.05) is 35.0 Å². The first-order valence-corrected chi connectivity index (χ1v) is 12.9. The van der Waals surface area contributed by atoms with Crippen molar-refractivity contribution < 1.29 is 4.90 Å². The SMILES string of the molecule is Cc1ccc(C[NH+]2CCN(c3cc(C(C)(C)C)nc4c(-c5ccc(Cl)cc5)cnn34)CC2)c(C)c1. The molecule has 182 valence electrons. The van der Waals surface area contributed by atoms with Crippen molar-refractivity contribution in [2.75, 3.05) is 31.1 Å². The van der Waals surface area contributed by atoms with Crippen molar-refractivity contribution in [2.24, 2.45) is 0 Å². The van der Waals surface area contributed by atoms with Gasteiger partial charge in [0.05, 0.1) is 38.1 Å². The van der Waals surface area contributed by atoms with Gasteiger partial charge in [-0.3, -0.25) is 0 Å². The average molecular weight is 489 g/mol. The van der Waals surface area contributed by atoms with Gasteiger partial charge < -0.3 is 9.80 Å². The Bertz CT molecular complexity index is 1340. The summed E-state index contributed by atoms with van der Waals surface area (Å²) in [6, 6.07) is 17.0. The Morgan fingerprint density at radius 1 is 0.971 bits per heavy atom. The molecule has 0 bridgehead atoms. The van der Waals surface area contributed by atoms with Gasteiger partial charge in [0.15, 0.2) is 5.65 Å². The van der Waals surface area contributed by atoms with E-state index in [1.54, 1.807) is 4.90 Å². The number of quaternary nitrogens is 1. The minimum atomic E-state index is -0.0614. The second-order valence-electron chi connectivity index (χ2n) is 10.9. The van der Waals surface area contributed by atoms with Crippen LogP contribution in [0.2, 0.25) is 5.02 Å². The van der Waals surface area contributed by atoms with E-state index >= 15 is 0 Å². The highest BCUT2D eigenvalue weighted by Crippen LogP contribution is 2.31. The van der Waals surface area contributed by atoms with Crippen molar-refractivity contribution in [2.45, 2.75) is 46.6 Å². The number of aryl methyl sites for hydroxylation is 2. The van der Waals surface area contributed by atoms with Crippen LogP contribution in [-0.4, -0.2) is 40.8 Å². The third-order valence-electron chi connectivity index (χ3n) is 7.11. The summed E-state index contributed by atoms with van der Waals surface area (Å²) in [6.07, 6.45) is 1.93. The number of aromatic nitrogens is 3. The number of anilines is 1. The van der Waals surface area contributed by atoms with Gasteiger partial charge in [0, 0.05) is 27.6 Å². The van der Waals surface area contributed by atoms with Crippen molar-refractivity contribution in [1.29, 1.82) is 0 Å². The monoisotopic (exact) mass is 488 g/mol. The van der Waals surface area contributed by atoms with Crippen LogP contribution in [0.5, 0.6) is 0 Å². The summed E-state index contributed by atoms with van der Waals surface area (Å²) in [6.45, 7) is 16.4. The van der Waals surface area contributed by atoms with Gasteiger partial charge in [0.25, 0.3) is 0 Å². The predicted octanol–water partition coefficient (Wildman–Crippen LogP) is 4.87. The van der Waals surface area contributed by atoms with Gasteiger partial charge in [0.2, 0.25) is 0 Å². The number of nitrogens with zero attached hydrogens (tertiary/aromatic N) is 4. The first kappa shape index (κ1) is 23.8. The molecule has 1 fully saturated rings. The maximum atomic E-state index is 6.14. The molecule has 4 aromatic rings. The zero-order chi connectivity index (χ0) is 24.7. The molecule has 1 aliphatic heterocycles. The first-order chi connectivity index (χ1) is 16.7. The van der Waals surface area contributed by atoms with Gasteiger partial charge in [-0.1, -0.05) is 68.3 Å². The lowest BCUT2D eigenvalue weighted by molar-refractivity contribution is -0.914. The van der Waals surface area contributed by atoms with Gasteiger partial charge in [-0.25, -0.2) is 4.98 Å². The largest absolute Gasteiger partial charge is 0.345 e. The first-order valence-electron chi connectivity index (χ1n) is 12.5. The number of halogens is 1. The molecule has 1 N–H and O–H groups in total. The predicted molar refractivity (Wildman–Crippen MR) is 145 cm³/mol. The van der Waals surface area contributed by atoms with Gasteiger partial charge in [0.1, 0.15) is 12.4 Å². The molecule has 0 spiro atoms. The number of nitrogens with one attached hydrogen (secondary N) is 1. The highest BCUT2D eigenvalue weighted by atomic mass is 35.5. The number of rotatable bonds is 4. The molecule has 5 rings (SSSR count). The third kappa shape index (κ3) is 4.93. The highest BCUT2D eigenvalue weighted by molar-refractivity contribution is 6.30. The molecule has 2 aromatic carbocycles. The molecule has 0 amide bonds. The fourth-order valence-corrected chi connectivity index (χ4v) is 5.06. The Hall–Kier alpha value is -2.89. The number of fused-ring (bicyclic) bond motifs is 1. The number of piperazine rings is 1. The molecule has 1 saturated heterocycles. The van der Waals surface area contributed by atoms with Crippen LogP contribution in [0.15, 0.2) is 54.7 Å². The summed E-state index contributed by atoms with van der Waals surface area (Å²) in [5.74, 6) is 1.13. The molecular formula is C29H35ClN5+. The molecular weight excluding hydrogens is 454 g/mol. The number of hydrogen-bond donors (Lipinski definition) is 1. The van der Waals surface area contributed by atoms with E-state index < -0.39 is 0 Å². The van der Waals surface area contributed by atoms with Crippen LogP contribution < -0.4 is 9.80 Å². The van der Waals surface area contributed by atoms with Crippen molar-refractivity contribution in [1.82, 2.24) is 14.6 Å². The van der Waals surface area contributed by atoms with Crippen LogP contribution >= 0.6 is 11.6 Å². The number of benzene rings is 2. The Kier molecular flexibility index (Phi) is 6.32. The molecule has 3 heterocycles. The smallest absolute Gasteiger partial charge is 0.165 e. The molecule has 0 radical (unpaired) electrons. The maximum Gasteiger partial charge on any atom is 0.165 e. The van der Waals surface area contributed by atoms with Gasteiger partial charge in [-0.15, -0.1) is 0 Å². The van der Waals surface area contributed by atoms with E-state index in [4.69, 9.17) is 21.7 Å². The Morgan fingerprint density at radius 2 is 1.69 bits per heavy atom. The topological polar surface area (TPSA) is 37.9 Å². The molecule has 0 atom stereocenters. The molecule has 0 saturated carbocycles. The summed E-state index contributed by atoms with van der Waals surface area (Å²) < 4.78 is 2.02. The minimum absolute atomic E-state index is 0.0614. The normalized spacial score (nSPS) is 15.2. The standard InChI is InChI=1S/C29H34ClN5/c1-20-6-7-23(21(2)16-20)19-33-12-14-34(15-13-33)27-17-26(29(3,4)5)32-28-25(18-31-35(27)28)22-8-10-24(30)11-9-22/h6-11,16-18H,12-15,19H2,1-5H3/p+1. The lowest BCUT2D eigenvalue weighted by atomic mass is 9.91. The lowest BCUT2D eigenvalue weighted by Gasteiger charge is -2.34. The second kappa shape index (κ2) is 9.29. The maximum absolute atomic E-state index is 6.14. The highest BCUT2D eigenvalue weighted by Gasteiger charge is 2.26. The van der Waals surface area contributed by atoms with Crippen LogP contribution in [0, 0.1) is 13.8 Å². The summed E-state index contributed by atoms with van der Waals surface area (Å²) in [7, 11) is 0. The number of hydrogen-bond acceptors (Lipinski definition) is 3. The van der Waals surface area contributed by atoms with E-state index in [9.17, 15) is 0 Å². The molecule has 35 heavy (non-hydrogen) atoms. The zero-order valence-corrected chi connectivity index (χ0v) is 22.2. The van der Waals surface area contributed by atoms with Gasteiger partial charge >= 0.3 is 0 Å². The van der Waals surface area contributed by atoms with Crippen LogP contribution in [0.4, 0.5) is 5.82 Å². The quantitative estimate of drug-likeness (QED) is 0.445. The van der Waals surface area contributed by atoms with E-state index in [1.165, 1.54) is 16.7 Å². The molecule has 0 aliphatic carbocycles. The summed E-state index contributed by atoms with van der Waals surface area (Å²) >= 11 is 6.14. The van der Waals surface area contributed by atoms with Crippen LogP contribution in [0.1, 0.15) is 43.2 Å². The zero-order valence-electron chi connectivity index (χ0n) is 21.4. The van der Waals surface area contributed by atoms with E-state index in [0.29, 0.717) is 0 Å². The fourth-order valence-electron chi connectivity index (χ4n) is 4.93. The third-order valence-corrected chi connectivity index (χ3v) is 7.36. The lowest BCUT2D eigenvalue weighted by Crippen LogP contribution is -3.13. The van der Waals surface area contributed by atoms with Crippen molar-refractivity contribution >= 4 is 23.1 Å². The molecule has 2 aromatic heterocycles. The summed E-state index contributed by atoms with van der Waals surface area (Å²) in [4.78, 5) is 9.20. The van der Waals surface area contributed by atoms with Gasteiger partial charge in [-0.05, 0) is 37.1 Å². The molecule has 5 nitrogen and oxygen atoms in total.